The molecule has 2 aromatic carbocycles. The number of ether oxygens (including phenoxy) is 2. The number of carbonyl (C=O) groups excluding carboxylic acids is 1. The second-order valence-corrected chi connectivity index (χ2v) is 8.67. The van der Waals surface area contributed by atoms with Gasteiger partial charge in [-0.05, 0) is 54.4 Å². The number of benzene rings is 2. The predicted molar refractivity (Wildman–Crippen MR) is 122 cm³/mol. The first-order chi connectivity index (χ1) is 14.6. The number of amidine groups is 1. The minimum atomic E-state index is -0.116. The molecular formula is C23H23ClN2O3S. The van der Waals surface area contributed by atoms with E-state index in [9.17, 15) is 4.79 Å². The number of nitrogens with one attached hydrogen (secondary N) is 1. The van der Waals surface area contributed by atoms with E-state index in [0.717, 1.165) is 24.0 Å². The topological polar surface area (TPSA) is 59.9 Å². The monoisotopic (exact) mass is 442 g/mol. The van der Waals surface area contributed by atoms with E-state index in [1.807, 2.05) is 48.5 Å². The molecule has 2 aromatic rings. The molecule has 5 nitrogen and oxygen atoms in total. The first-order valence-corrected chi connectivity index (χ1v) is 11.1. The van der Waals surface area contributed by atoms with E-state index in [1.165, 1.54) is 24.6 Å². The Morgan fingerprint density at radius 1 is 1.20 bits per heavy atom. The zero-order valence-electron chi connectivity index (χ0n) is 16.7. The van der Waals surface area contributed by atoms with Gasteiger partial charge in [0.15, 0.2) is 16.7 Å². The number of methoxy groups -OCH3 is 1. The van der Waals surface area contributed by atoms with Gasteiger partial charge in [0, 0.05) is 10.6 Å². The molecule has 0 bridgehead atoms. The molecule has 1 saturated carbocycles. The first kappa shape index (κ1) is 20.8. The Hall–Kier alpha value is -2.44. The summed E-state index contributed by atoms with van der Waals surface area (Å²) in [5.41, 5.74) is 1.76. The summed E-state index contributed by atoms with van der Waals surface area (Å²) in [6.07, 6.45) is 6.48. The number of nitrogens with zero attached hydrogens (tertiary/aromatic N) is 1. The van der Waals surface area contributed by atoms with E-state index in [1.54, 1.807) is 7.11 Å². The number of aliphatic imine (C=N–C) groups is 1. The molecule has 0 radical (unpaired) electrons. The molecule has 1 saturated heterocycles. The molecule has 0 unspecified atom stereocenters. The van der Waals surface area contributed by atoms with Crippen LogP contribution in [0.1, 0.15) is 36.8 Å². The summed E-state index contributed by atoms with van der Waals surface area (Å²) in [5, 5.41) is 4.24. The van der Waals surface area contributed by atoms with Crippen LogP contribution >= 0.6 is 23.4 Å². The number of halogens is 1. The smallest absolute Gasteiger partial charge is 0.264 e. The summed E-state index contributed by atoms with van der Waals surface area (Å²) in [4.78, 5) is 17.6. The van der Waals surface area contributed by atoms with Crippen molar-refractivity contribution in [2.75, 3.05) is 7.11 Å². The Labute approximate surface area is 185 Å². The molecule has 1 N–H and O–H groups in total. The molecule has 1 amide bonds. The van der Waals surface area contributed by atoms with Crippen LogP contribution in [0.4, 0.5) is 0 Å². The number of amides is 1. The highest BCUT2D eigenvalue weighted by Gasteiger charge is 2.25. The molecule has 1 heterocycles. The van der Waals surface area contributed by atoms with Gasteiger partial charge in [-0.25, -0.2) is 0 Å². The van der Waals surface area contributed by atoms with Crippen LogP contribution in [0, 0.1) is 0 Å². The van der Waals surface area contributed by atoms with Crippen molar-refractivity contribution in [2.45, 2.75) is 38.3 Å². The summed E-state index contributed by atoms with van der Waals surface area (Å²) in [6, 6.07) is 13.5. The lowest BCUT2D eigenvalue weighted by Crippen LogP contribution is -2.21. The number of hydrogen-bond acceptors (Lipinski definition) is 5. The van der Waals surface area contributed by atoms with Gasteiger partial charge in [-0.2, -0.15) is 0 Å². The highest BCUT2D eigenvalue weighted by molar-refractivity contribution is 8.18. The SMILES string of the molecule is COc1cc(C=C2SC(=NC3CCCC3)NC2=O)ccc1OCc1ccccc1Cl. The minimum Gasteiger partial charge on any atom is -0.493 e. The molecule has 30 heavy (non-hydrogen) atoms. The van der Waals surface area contributed by atoms with Gasteiger partial charge in [0.05, 0.1) is 18.1 Å². The van der Waals surface area contributed by atoms with Gasteiger partial charge in [0.1, 0.15) is 6.61 Å². The molecule has 0 spiro atoms. The third kappa shape index (κ3) is 4.99. The summed E-state index contributed by atoms with van der Waals surface area (Å²) < 4.78 is 11.4. The van der Waals surface area contributed by atoms with E-state index < -0.39 is 0 Å². The van der Waals surface area contributed by atoms with Crippen molar-refractivity contribution in [2.24, 2.45) is 4.99 Å². The van der Waals surface area contributed by atoms with Gasteiger partial charge < -0.3 is 14.8 Å². The van der Waals surface area contributed by atoms with Crippen LogP contribution in [0.2, 0.25) is 5.02 Å². The van der Waals surface area contributed by atoms with Crippen molar-refractivity contribution in [3.8, 4) is 11.5 Å². The zero-order valence-corrected chi connectivity index (χ0v) is 18.3. The molecule has 2 fully saturated rings. The lowest BCUT2D eigenvalue weighted by Gasteiger charge is -2.12. The summed E-state index contributed by atoms with van der Waals surface area (Å²) in [7, 11) is 1.60. The molecule has 1 aliphatic carbocycles. The molecule has 1 aliphatic heterocycles. The van der Waals surface area contributed by atoms with Gasteiger partial charge in [-0.15, -0.1) is 0 Å². The lowest BCUT2D eigenvalue weighted by atomic mass is 10.2. The molecule has 2 aliphatic rings. The Balaban J connectivity index is 1.47. The highest BCUT2D eigenvalue weighted by Crippen LogP contribution is 2.33. The van der Waals surface area contributed by atoms with E-state index in [-0.39, 0.29) is 5.91 Å². The Bertz CT molecular complexity index is 1000. The summed E-state index contributed by atoms with van der Waals surface area (Å²) in [5.74, 6) is 1.10. The average Bonchev–Trinajstić information content (AvgIpc) is 3.38. The van der Waals surface area contributed by atoms with Crippen LogP contribution < -0.4 is 14.8 Å². The molecule has 4 rings (SSSR count). The Morgan fingerprint density at radius 2 is 2.00 bits per heavy atom. The zero-order chi connectivity index (χ0) is 20.9. The summed E-state index contributed by atoms with van der Waals surface area (Å²) >= 11 is 7.59. The minimum absolute atomic E-state index is 0.116. The fraction of sp³-hybridized carbons (Fsp3) is 0.304. The molecular weight excluding hydrogens is 420 g/mol. The largest absolute Gasteiger partial charge is 0.493 e. The Kier molecular flexibility index (Phi) is 6.65. The third-order valence-electron chi connectivity index (χ3n) is 5.10. The van der Waals surface area contributed by atoms with Crippen LogP contribution in [-0.4, -0.2) is 24.2 Å². The van der Waals surface area contributed by atoms with Gasteiger partial charge >= 0.3 is 0 Å². The number of hydrogen-bond donors (Lipinski definition) is 1. The van der Waals surface area contributed by atoms with Gasteiger partial charge in [0.25, 0.3) is 5.91 Å². The van der Waals surface area contributed by atoms with Crippen LogP contribution in [0.5, 0.6) is 11.5 Å². The number of thioether (sulfide) groups is 1. The second-order valence-electron chi connectivity index (χ2n) is 7.23. The highest BCUT2D eigenvalue weighted by atomic mass is 35.5. The quantitative estimate of drug-likeness (QED) is 0.606. The van der Waals surface area contributed by atoms with Gasteiger partial charge in [-0.1, -0.05) is 48.7 Å². The van der Waals surface area contributed by atoms with Crippen LogP contribution in [-0.2, 0) is 11.4 Å². The van der Waals surface area contributed by atoms with E-state index in [2.05, 4.69) is 10.3 Å². The van der Waals surface area contributed by atoms with Gasteiger partial charge in [-0.3, -0.25) is 9.79 Å². The Morgan fingerprint density at radius 3 is 2.77 bits per heavy atom. The van der Waals surface area contributed by atoms with E-state index >= 15 is 0 Å². The second kappa shape index (κ2) is 9.58. The van der Waals surface area contributed by atoms with Crippen molar-refractivity contribution in [3.05, 3.63) is 63.5 Å². The molecule has 0 atom stereocenters. The van der Waals surface area contributed by atoms with E-state index in [4.69, 9.17) is 21.1 Å². The standard InChI is InChI=1S/C23H23ClN2O3S/c1-28-20-12-15(10-11-19(20)29-14-16-6-2-5-9-18(16)24)13-21-22(27)26-23(30-21)25-17-7-3-4-8-17/h2,5-6,9-13,17H,3-4,7-8,14H2,1H3,(H,25,26,27). The van der Waals surface area contributed by atoms with E-state index in [0.29, 0.717) is 39.2 Å². The third-order valence-corrected chi connectivity index (χ3v) is 6.39. The maximum Gasteiger partial charge on any atom is 0.264 e. The van der Waals surface area contributed by atoms with Crippen molar-refractivity contribution >= 4 is 40.5 Å². The molecule has 7 heteroatoms. The van der Waals surface area contributed by atoms with Crippen molar-refractivity contribution in [1.82, 2.24) is 5.32 Å². The number of rotatable bonds is 6. The van der Waals surface area contributed by atoms with Crippen LogP contribution in [0.3, 0.4) is 0 Å². The first-order valence-electron chi connectivity index (χ1n) is 9.95. The fourth-order valence-corrected chi connectivity index (χ4v) is 4.59. The molecule has 0 aromatic heterocycles. The average molecular weight is 443 g/mol. The normalized spacial score (nSPS) is 19.5. The maximum absolute atomic E-state index is 12.3. The number of carbonyl (C=O) groups is 1. The fourth-order valence-electron chi connectivity index (χ4n) is 3.50. The van der Waals surface area contributed by atoms with Crippen molar-refractivity contribution in [3.63, 3.8) is 0 Å². The lowest BCUT2D eigenvalue weighted by molar-refractivity contribution is -0.115. The van der Waals surface area contributed by atoms with Crippen molar-refractivity contribution in [1.29, 1.82) is 0 Å². The van der Waals surface area contributed by atoms with Gasteiger partial charge in [0.2, 0.25) is 0 Å². The van der Waals surface area contributed by atoms with Crippen molar-refractivity contribution < 1.29 is 14.3 Å². The van der Waals surface area contributed by atoms with Crippen LogP contribution in [0.25, 0.3) is 6.08 Å². The summed E-state index contributed by atoms with van der Waals surface area (Å²) in [6.45, 7) is 0.343. The predicted octanol–water partition coefficient (Wildman–Crippen LogP) is 5.43. The van der Waals surface area contributed by atoms with Crippen LogP contribution in [0.15, 0.2) is 52.4 Å². The molecule has 156 valence electrons. The maximum atomic E-state index is 12.3.